The number of fused-ring (bicyclic) bond motifs is 1. The average Bonchev–Trinajstić information content (AvgIpc) is 2.90. The second-order valence-corrected chi connectivity index (χ2v) is 4.79. The van der Waals surface area contributed by atoms with Gasteiger partial charge in [0.15, 0.2) is 0 Å². The number of nitro benzene ring substituents is 1. The van der Waals surface area contributed by atoms with Gasteiger partial charge in [-0.25, -0.2) is 4.98 Å². The Morgan fingerprint density at radius 1 is 1.35 bits per heavy atom. The van der Waals surface area contributed by atoms with Gasteiger partial charge in [-0.05, 0) is 37.8 Å². The molecule has 0 spiro atoms. The topological polar surface area (TPSA) is 84.8 Å². The molecule has 6 heteroatoms. The Morgan fingerprint density at radius 3 is 2.90 bits per heavy atom. The third-order valence-corrected chi connectivity index (χ3v) is 3.61. The van der Waals surface area contributed by atoms with Crippen LogP contribution in [0.2, 0.25) is 0 Å². The Bertz CT molecular complexity index is 727. The number of nitriles is 1. The fourth-order valence-corrected chi connectivity index (χ4v) is 2.61. The molecule has 0 fully saturated rings. The van der Waals surface area contributed by atoms with Crippen LogP contribution in [0.15, 0.2) is 24.5 Å². The second-order valence-electron chi connectivity index (χ2n) is 4.79. The van der Waals surface area contributed by atoms with Crippen LogP contribution in [-0.4, -0.2) is 14.5 Å². The number of aromatic nitrogens is 2. The molecule has 6 nitrogen and oxygen atoms in total. The lowest BCUT2D eigenvalue weighted by Gasteiger charge is -2.14. The van der Waals surface area contributed by atoms with Gasteiger partial charge in [0.1, 0.15) is 11.6 Å². The molecule has 0 saturated heterocycles. The Morgan fingerprint density at radius 2 is 2.15 bits per heavy atom. The Hall–Kier alpha value is -2.68. The number of nitrogens with zero attached hydrogens (tertiary/aromatic N) is 4. The molecule has 0 bridgehead atoms. The zero-order valence-electron chi connectivity index (χ0n) is 10.7. The van der Waals surface area contributed by atoms with Gasteiger partial charge < -0.3 is 4.57 Å². The summed E-state index contributed by atoms with van der Waals surface area (Å²) in [7, 11) is 0. The molecule has 3 rings (SSSR count). The van der Waals surface area contributed by atoms with Crippen LogP contribution in [0.3, 0.4) is 0 Å². The zero-order chi connectivity index (χ0) is 14.1. The predicted molar refractivity (Wildman–Crippen MR) is 71.6 cm³/mol. The van der Waals surface area contributed by atoms with Crippen LogP contribution in [0, 0.1) is 21.4 Å². The number of rotatable bonds is 2. The fraction of sp³-hybridized carbons (Fsp3) is 0.286. The third-order valence-electron chi connectivity index (χ3n) is 3.61. The van der Waals surface area contributed by atoms with Crippen molar-refractivity contribution in [2.24, 2.45) is 0 Å². The maximum atomic E-state index is 11.0. The van der Waals surface area contributed by atoms with E-state index in [9.17, 15) is 10.1 Å². The minimum atomic E-state index is -0.522. The molecule has 0 saturated carbocycles. The molecule has 0 atom stereocenters. The largest absolute Gasteiger partial charge is 0.303 e. The molecule has 1 aliphatic rings. The van der Waals surface area contributed by atoms with Gasteiger partial charge in [0.05, 0.1) is 22.6 Å². The van der Waals surface area contributed by atoms with Crippen LogP contribution in [0.25, 0.3) is 5.69 Å². The smallest absolute Gasteiger partial charge is 0.289 e. The molecule has 1 aromatic heterocycles. The molecule has 2 aromatic rings. The summed E-state index contributed by atoms with van der Waals surface area (Å²) in [6.07, 6.45) is 5.85. The van der Waals surface area contributed by atoms with E-state index in [0.717, 1.165) is 37.1 Å². The molecule has 1 aromatic carbocycles. The van der Waals surface area contributed by atoms with Gasteiger partial charge >= 0.3 is 0 Å². The van der Waals surface area contributed by atoms with E-state index in [1.54, 1.807) is 12.4 Å². The third kappa shape index (κ3) is 1.93. The molecule has 0 amide bonds. The van der Waals surface area contributed by atoms with Crippen LogP contribution < -0.4 is 0 Å². The quantitative estimate of drug-likeness (QED) is 0.618. The first-order valence-electron chi connectivity index (χ1n) is 6.44. The average molecular weight is 268 g/mol. The molecule has 1 heterocycles. The van der Waals surface area contributed by atoms with E-state index in [4.69, 9.17) is 5.26 Å². The molecule has 0 radical (unpaired) electrons. The normalized spacial score (nSPS) is 13.6. The highest BCUT2D eigenvalue weighted by molar-refractivity contribution is 5.55. The summed E-state index contributed by atoms with van der Waals surface area (Å²) < 4.78 is 1.89. The SMILES string of the molecule is N#Cc1ccc(-n2cnc3c2CCCC3)cc1[N+](=O)[O-]. The first-order chi connectivity index (χ1) is 9.70. The number of hydrogen-bond acceptors (Lipinski definition) is 4. The van der Waals surface area contributed by atoms with E-state index in [1.165, 1.54) is 12.1 Å². The van der Waals surface area contributed by atoms with Crippen molar-refractivity contribution in [3.63, 3.8) is 0 Å². The number of aryl methyl sites for hydroxylation is 1. The Balaban J connectivity index is 2.11. The van der Waals surface area contributed by atoms with Gasteiger partial charge in [0, 0.05) is 11.8 Å². The van der Waals surface area contributed by atoms with Crippen molar-refractivity contribution in [2.75, 3.05) is 0 Å². The monoisotopic (exact) mass is 268 g/mol. The summed E-state index contributed by atoms with van der Waals surface area (Å²) in [5.41, 5.74) is 2.79. The van der Waals surface area contributed by atoms with Crippen LogP contribution in [0.4, 0.5) is 5.69 Å². The number of benzene rings is 1. The van der Waals surface area contributed by atoms with Gasteiger partial charge in [-0.2, -0.15) is 5.26 Å². The van der Waals surface area contributed by atoms with Crippen molar-refractivity contribution in [1.29, 1.82) is 5.26 Å². The molecular weight excluding hydrogens is 256 g/mol. The van der Waals surface area contributed by atoms with Crippen molar-refractivity contribution in [2.45, 2.75) is 25.7 Å². The lowest BCUT2D eigenvalue weighted by atomic mass is 10.0. The van der Waals surface area contributed by atoms with Gasteiger partial charge in [-0.1, -0.05) is 0 Å². The summed E-state index contributed by atoms with van der Waals surface area (Å²) >= 11 is 0. The zero-order valence-corrected chi connectivity index (χ0v) is 10.7. The first kappa shape index (κ1) is 12.4. The summed E-state index contributed by atoms with van der Waals surface area (Å²) in [4.78, 5) is 14.9. The molecule has 20 heavy (non-hydrogen) atoms. The maximum Gasteiger partial charge on any atom is 0.289 e. The summed E-state index contributed by atoms with van der Waals surface area (Å²) in [5, 5.41) is 19.9. The summed E-state index contributed by atoms with van der Waals surface area (Å²) in [6, 6.07) is 6.50. The Labute approximate surface area is 115 Å². The van der Waals surface area contributed by atoms with Gasteiger partial charge in [-0.3, -0.25) is 10.1 Å². The highest BCUT2D eigenvalue weighted by Crippen LogP contribution is 2.26. The minimum Gasteiger partial charge on any atom is -0.303 e. The number of hydrogen-bond donors (Lipinski definition) is 0. The van der Waals surface area contributed by atoms with E-state index in [2.05, 4.69) is 4.98 Å². The standard InChI is InChI=1S/C14H12N4O2/c15-8-10-5-6-11(7-14(10)18(19)20)17-9-16-12-3-1-2-4-13(12)17/h5-7,9H,1-4H2. The predicted octanol–water partition coefficient (Wildman–Crippen LogP) is 2.53. The van der Waals surface area contributed by atoms with Crippen LogP contribution in [0.5, 0.6) is 0 Å². The van der Waals surface area contributed by atoms with Crippen molar-refractivity contribution >= 4 is 5.69 Å². The minimum absolute atomic E-state index is 0.0766. The van der Waals surface area contributed by atoms with Crippen molar-refractivity contribution < 1.29 is 4.92 Å². The molecule has 0 aliphatic heterocycles. The Kier molecular flexibility index (Phi) is 2.95. The number of imidazole rings is 1. The first-order valence-corrected chi connectivity index (χ1v) is 6.44. The molecule has 0 N–H and O–H groups in total. The van der Waals surface area contributed by atoms with Crippen molar-refractivity contribution in [1.82, 2.24) is 9.55 Å². The molecule has 1 aliphatic carbocycles. The van der Waals surface area contributed by atoms with Crippen LogP contribution in [0.1, 0.15) is 29.8 Å². The molecule has 100 valence electrons. The van der Waals surface area contributed by atoms with Gasteiger partial charge in [0.25, 0.3) is 5.69 Å². The van der Waals surface area contributed by atoms with E-state index >= 15 is 0 Å². The van der Waals surface area contributed by atoms with Crippen LogP contribution in [-0.2, 0) is 12.8 Å². The van der Waals surface area contributed by atoms with Gasteiger partial charge in [-0.15, -0.1) is 0 Å². The lowest BCUT2D eigenvalue weighted by molar-refractivity contribution is -0.385. The summed E-state index contributed by atoms with van der Waals surface area (Å²) in [6.45, 7) is 0. The van der Waals surface area contributed by atoms with E-state index in [1.807, 2.05) is 10.6 Å². The highest BCUT2D eigenvalue weighted by Gasteiger charge is 2.19. The van der Waals surface area contributed by atoms with E-state index < -0.39 is 4.92 Å². The van der Waals surface area contributed by atoms with Gasteiger partial charge in [0.2, 0.25) is 0 Å². The second kappa shape index (κ2) is 4.78. The number of nitro groups is 1. The van der Waals surface area contributed by atoms with Crippen molar-refractivity contribution in [3.8, 4) is 11.8 Å². The summed E-state index contributed by atoms with van der Waals surface area (Å²) in [5.74, 6) is 0. The molecule has 0 unspecified atom stereocenters. The van der Waals surface area contributed by atoms with E-state index in [0.29, 0.717) is 5.69 Å². The lowest BCUT2D eigenvalue weighted by Crippen LogP contribution is -2.07. The van der Waals surface area contributed by atoms with Crippen molar-refractivity contribution in [3.05, 3.63) is 51.6 Å². The highest BCUT2D eigenvalue weighted by atomic mass is 16.6. The maximum absolute atomic E-state index is 11.0. The van der Waals surface area contributed by atoms with Crippen LogP contribution >= 0.6 is 0 Å². The van der Waals surface area contributed by atoms with E-state index in [-0.39, 0.29) is 11.3 Å². The fourth-order valence-electron chi connectivity index (χ4n) is 2.61. The molecular formula is C14H12N4O2.